The topological polar surface area (TPSA) is 44.3 Å². The quantitative estimate of drug-likeness (QED) is 0.151. The summed E-state index contributed by atoms with van der Waals surface area (Å²) in [7, 11) is 0. The van der Waals surface area contributed by atoms with Gasteiger partial charge in [-0.25, -0.2) is 0 Å². The van der Waals surface area contributed by atoms with Crippen molar-refractivity contribution in [1.29, 1.82) is 0 Å². The van der Waals surface area contributed by atoms with Crippen LogP contribution in [-0.2, 0) is 0 Å². The van der Waals surface area contributed by atoms with Crippen molar-refractivity contribution >= 4 is 11.4 Å². The first kappa shape index (κ1) is 25.7. The Morgan fingerprint density at radius 2 is 1.03 bits per heavy atom. The van der Waals surface area contributed by atoms with Crippen LogP contribution in [0.15, 0.2) is 18.2 Å². The van der Waals surface area contributed by atoms with Gasteiger partial charge in [0.15, 0.2) is 0 Å². The molecular formula is C26H48N2O. The molecule has 0 heterocycles. The number of aromatic hydroxyl groups is 1. The van der Waals surface area contributed by atoms with Gasteiger partial charge >= 0.3 is 0 Å². The standard InChI is InChI=1S/C26H48N2O/c1-3-5-7-9-11-13-15-17-22-27-24-20-19-21-25(29)26(24)28-23-18-16-14-12-10-8-6-4-2/h19-21,27-29H,3-18,22-23H2,1-2H3. The van der Waals surface area contributed by atoms with Crippen LogP contribution in [0, 0.1) is 0 Å². The molecule has 0 radical (unpaired) electrons. The number of phenols is 1. The lowest BCUT2D eigenvalue weighted by Crippen LogP contribution is -2.08. The summed E-state index contributed by atoms with van der Waals surface area (Å²) in [5.41, 5.74) is 1.91. The molecule has 0 amide bonds. The summed E-state index contributed by atoms with van der Waals surface area (Å²) >= 11 is 0. The third-order valence-electron chi connectivity index (χ3n) is 5.72. The van der Waals surface area contributed by atoms with Crippen molar-refractivity contribution in [3.8, 4) is 5.75 Å². The SMILES string of the molecule is CCCCCCCCCCNc1cccc(O)c1NCCCCCCCCCC. The molecule has 29 heavy (non-hydrogen) atoms. The molecule has 3 nitrogen and oxygen atoms in total. The molecule has 1 aromatic carbocycles. The molecule has 0 aliphatic heterocycles. The predicted molar refractivity (Wildman–Crippen MR) is 130 cm³/mol. The lowest BCUT2D eigenvalue weighted by atomic mass is 10.1. The summed E-state index contributed by atoms with van der Waals surface area (Å²) in [5, 5.41) is 17.2. The van der Waals surface area contributed by atoms with Crippen LogP contribution in [0.4, 0.5) is 11.4 Å². The zero-order chi connectivity index (χ0) is 21.0. The number of hydrogen-bond acceptors (Lipinski definition) is 3. The number of phenolic OH excluding ortho intramolecular Hbond substituents is 1. The molecule has 168 valence electrons. The highest BCUT2D eigenvalue weighted by molar-refractivity contribution is 5.75. The van der Waals surface area contributed by atoms with E-state index < -0.39 is 0 Å². The Bertz CT molecular complexity index is 490. The third-order valence-corrected chi connectivity index (χ3v) is 5.72. The maximum Gasteiger partial charge on any atom is 0.140 e. The summed E-state index contributed by atoms with van der Waals surface area (Å²) in [6, 6.07) is 5.77. The lowest BCUT2D eigenvalue weighted by molar-refractivity contribution is 0.477. The fourth-order valence-electron chi connectivity index (χ4n) is 3.83. The summed E-state index contributed by atoms with van der Waals surface area (Å²) in [6.45, 7) is 6.44. The highest BCUT2D eigenvalue weighted by Crippen LogP contribution is 2.31. The summed E-state index contributed by atoms with van der Waals surface area (Å²) in [4.78, 5) is 0. The van der Waals surface area contributed by atoms with E-state index >= 15 is 0 Å². The van der Waals surface area contributed by atoms with Crippen LogP contribution in [-0.4, -0.2) is 18.2 Å². The molecule has 1 rings (SSSR count). The largest absolute Gasteiger partial charge is 0.506 e. The van der Waals surface area contributed by atoms with E-state index in [2.05, 4.69) is 30.5 Å². The molecule has 0 unspecified atom stereocenters. The van der Waals surface area contributed by atoms with Gasteiger partial charge in [0, 0.05) is 13.1 Å². The van der Waals surface area contributed by atoms with Gasteiger partial charge in [-0.15, -0.1) is 0 Å². The van der Waals surface area contributed by atoms with Crippen LogP contribution in [0.25, 0.3) is 0 Å². The van der Waals surface area contributed by atoms with Crippen molar-refractivity contribution in [3.05, 3.63) is 18.2 Å². The van der Waals surface area contributed by atoms with Gasteiger partial charge in [0.1, 0.15) is 11.4 Å². The molecule has 0 aromatic heterocycles. The molecule has 3 heteroatoms. The van der Waals surface area contributed by atoms with Crippen molar-refractivity contribution in [2.24, 2.45) is 0 Å². The molecule has 0 bridgehead atoms. The molecule has 0 spiro atoms. The van der Waals surface area contributed by atoms with Crippen LogP contribution in [0.3, 0.4) is 0 Å². The molecule has 0 saturated carbocycles. The number of nitrogens with one attached hydrogen (secondary N) is 2. The van der Waals surface area contributed by atoms with E-state index in [1.807, 2.05) is 6.07 Å². The van der Waals surface area contributed by atoms with Crippen molar-refractivity contribution in [1.82, 2.24) is 0 Å². The van der Waals surface area contributed by atoms with Crippen LogP contribution in [0.1, 0.15) is 117 Å². The van der Waals surface area contributed by atoms with E-state index in [0.29, 0.717) is 5.75 Å². The minimum Gasteiger partial charge on any atom is -0.506 e. The van der Waals surface area contributed by atoms with Crippen LogP contribution >= 0.6 is 0 Å². The van der Waals surface area contributed by atoms with E-state index in [9.17, 15) is 5.11 Å². The van der Waals surface area contributed by atoms with Gasteiger partial charge < -0.3 is 15.7 Å². The van der Waals surface area contributed by atoms with Gasteiger partial charge in [-0.1, -0.05) is 110 Å². The van der Waals surface area contributed by atoms with Crippen LogP contribution in [0.5, 0.6) is 5.75 Å². The molecule has 0 aliphatic carbocycles. The number of unbranched alkanes of at least 4 members (excludes halogenated alkanes) is 14. The fourth-order valence-corrected chi connectivity index (χ4v) is 3.83. The van der Waals surface area contributed by atoms with Crippen LogP contribution < -0.4 is 10.6 Å². The Hall–Kier alpha value is -1.38. The first-order valence-corrected chi connectivity index (χ1v) is 12.6. The second-order valence-corrected chi connectivity index (χ2v) is 8.50. The monoisotopic (exact) mass is 404 g/mol. The second-order valence-electron chi connectivity index (χ2n) is 8.50. The van der Waals surface area contributed by atoms with E-state index in [0.717, 1.165) is 24.5 Å². The maximum atomic E-state index is 10.3. The average Bonchev–Trinajstić information content (AvgIpc) is 2.72. The Kier molecular flexibility index (Phi) is 16.5. The van der Waals surface area contributed by atoms with E-state index in [4.69, 9.17) is 0 Å². The zero-order valence-corrected chi connectivity index (χ0v) is 19.4. The minimum absolute atomic E-state index is 0.352. The van der Waals surface area contributed by atoms with Crippen LogP contribution in [0.2, 0.25) is 0 Å². The number of hydrogen-bond donors (Lipinski definition) is 3. The van der Waals surface area contributed by atoms with E-state index in [1.165, 1.54) is 103 Å². The minimum atomic E-state index is 0.352. The fraction of sp³-hybridized carbons (Fsp3) is 0.769. The Balaban J connectivity index is 2.16. The summed E-state index contributed by atoms with van der Waals surface area (Å²) < 4.78 is 0. The predicted octanol–water partition coefficient (Wildman–Crippen LogP) is 8.50. The maximum absolute atomic E-state index is 10.3. The van der Waals surface area contributed by atoms with Gasteiger partial charge in [0.05, 0.1) is 5.69 Å². The molecule has 0 saturated heterocycles. The van der Waals surface area contributed by atoms with Crippen molar-refractivity contribution in [2.75, 3.05) is 23.7 Å². The normalized spacial score (nSPS) is 11.0. The van der Waals surface area contributed by atoms with Crippen molar-refractivity contribution in [3.63, 3.8) is 0 Å². The first-order valence-electron chi connectivity index (χ1n) is 12.6. The summed E-state index contributed by atoms with van der Waals surface area (Å²) in [5.74, 6) is 0.352. The molecule has 0 atom stereocenters. The van der Waals surface area contributed by atoms with Gasteiger partial charge in [-0.2, -0.15) is 0 Å². The van der Waals surface area contributed by atoms with E-state index in [-0.39, 0.29) is 0 Å². The third kappa shape index (κ3) is 13.5. The smallest absolute Gasteiger partial charge is 0.140 e. The highest BCUT2D eigenvalue weighted by Gasteiger charge is 2.06. The Morgan fingerprint density at radius 3 is 1.55 bits per heavy atom. The van der Waals surface area contributed by atoms with Gasteiger partial charge in [0.25, 0.3) is 0 Å². The second kappa shape index (κ2) is 18.6. The van der Waals surface area contributed by atoms with Crippen molar-refractivity contribution < 1.29 is 5.11 Å². The van der Waals surface area contributed by atoms with Crippen molar-refractivity contribution in [2.45, 2.75) is 117 Å². The Labute approximate surface area is 181 Å². The molecule has 0 aliphatic rings. The number of para-hydroxylation sites is 1. The average molecular weight is 405 g/mol. The number of rotatable bonds is 20. The van der Waals surface area contributed by atoms with E-state index in [1.54, 1.807) is 6.07 Å². The molecular weight excluding hydrogens is 356 g/mol. The molecule has 0 fully saturated rings. The summed E-state index contributed by atoms with van der Waals surface area (Å²) in [6.07, 6.45) is 21.3. The molecule has 1 aromatic rings. The van der Waals surface area contributed by atoms with Gasteiger partial charge in [-0.05, 0) is 25.0 Å². The number of benzene rings is 1. The number of anilines is 2. The van der Waals surface area contributed by atoms with Gasteiger partial charge in [0.2, 0.25) is 0 Å². The lowest BCUT2D eigenvalue weighted by Gasteiger charge is -2.15. The zero-order valence-electron chi connectivity index (χ0n) is 19.4. The molecule has 3 N–H and O–H groups in total. The first-order chi connectivity index (χ1) is 14.3. The Morgan fingerprint density at radius 1 is 0.586 bits per heavy atom. The highest BCUT2D eigenvalue weighted by atomic mass is 16.3. The van der Waals surface area contributed by atoms with Gasteiger partial charge in [-0.3, -0.25) is 0 Å².